The summed E-state index contributed by atoms with van der Waals surface area (Å²) in [4.78, 5) is 27.4. The van der Waals surface area contributed by atoms with Gasteiger partial charge in [-0.2, -0.15) is 0 Å². The van der Waals surface area contributed by atoms with E-state index in [0.29, 0.717) is 16.1 Å². The van der Waals surface area contributed by atoms with E-state index < -0.39 is 5.76 Å². The smallest absolute Gasteiger partial charge is 0.419 e. The van der Waals surface area contributed by atoms with Crippen LogP contribution >= 0.6 is 11.6 Å². The highest BCUT2D eigenvalue weighted by molar-refractivity contribution is 6.31. The number of hydrogen-bond donors (Lipinski definition) is 0. The molecular weight excluding hydrogens is 404 g/mol. The monoisotopic (exact) mass is 428 g/mol. The molecular formula is C23H25ClN2O4. The SMILES string of the molecule is COc1ccc(C2CCCCCN2C(=O)CCn2c(=O)oc3cc(Cl)ccc32)cc1. The summed E-state index contributed by atoms with van der Waals surface area (Å²) in [5.41, 5.74) is 2.21. The second-order valence-corrected chi connectivity index (χ2v) is 8.04. The first kappa shape index (κ1) is 20.5. The predicted octanol–water partition coefficient (Wildman–Crippen LogP) is 4.79. The van der Waals surface area contributed by atoms with Crippen molar-refractivity contribution in [2.45, 2.75) is 44.7 Å². The Hall–Kier alpha value is -2.73. The molecule has 1 unspecified atom stereocenters. The topological polar surface area (TPSA) is 64.7 Å². The average Bonchev–Trinajstić information content (AvgIpc) is 2.91. The van der Waals surface area contributed by atoms with E-state index in [0.717, 1.165) is 43.5 Å². The fourth-order valence-electron chi connectivity index (χ4n) is 4.18. The third kappa shape index (κ3) is 4.24. The first-order valence-corrected chi connectivity index (χ1v) is 10.7. The van der Waals surface area contributed by atoms with E-state index in [1.54, 1.807) is 25.3 Å². The van der Waals surface area contributed by atoms with Gasteiger partial charge in [-0.25, -0.2) is 4.79 Å². The van der Waals surface area contributed by atoms with Crippen LogP contribution in [0.4, 0.5) is 0 Å². The van der Waals surface area contributed by atoms with E-state index in [2.05, 4.69) is 0 Å². The molecule has 0 N–H and O–H groups in total. The first-order chi connectivity index (χ1) is 14.6. The van der Waals surface area contributed by atoms with E-state index in [-0.39, 0.29) is 24.9 Å². The van der Waals surface area contributed by atoms with Crippen molar-refractivity contribution in [1.29, 1.82) is 0 Å². The number of rotatable bonds is 5. The normalized spacial score (nSPS) is 17.1. The summed E-state index contributed by atoms with van der Waals surface area (Å²) in [5.74, 6) is 0.382. The largest absolute Gasteiger partial charge is 0.497 e. The highest BCUT2D eigenvalue weighted by Crippen LogP contribution is 2.31. The van der Waals surface area contributed by atoms with Gasteiger partial charge in [0.15, 0.2) is 5.58 Å². The molecule has 7 heteroatoms. The molecule has 158 valence electrons. The molecule has 1 aromatic heterocycles. The quantitative estimate of drug-likeness (QED) is 0.586. The number of nitrogens with zero attached hydrogens (tertiary/aromatic N) is 2. The number of methoxy groups -OCH3 is 1. The molecule has 1 atom stereocenters. The zero-order chi connectivity index (χ0) is 21.1. The Morgan fingerprint density at radius 3 is 2.73 bits per heavy atom. The van der Waals surface area contributed by atoms with Gasteiger partial charge < -0.3 is 14.1 Å². The van der Waals surface area contributed by atoms with Gasteiger partial charge in [-0.15, -0.1) is 0 Å². The Labute approximate surface area is 180 Å². The van der Waals surface area contributed by atoms with Gasteiger partial charge in [-0.1, -0.05) is 36.6 Å². The lowest BCUT2D eigenvalue weighted by Gasteiger charge is -2.30. The molecule has 1 fully saturated rings. The Kier molecular flexibility index (Phi) is 6.13. The number of ether oxygens (including phenoxy) is 1. The molecule has 2 heterocycles. The van der Waals surface area contributed by atoms with Crippen molar-refractivity contribution >= 4 is 28.6 Å². The third-order valence-electron chi connectivity index (χ3n) is 5.75. The summed E-state index contributed by atoms with van der Waals surface area (Å²) in [6.45, 7) is 1.00. The van der Waals surface area contributed by atoms with Gasteiger partial charge >= 0.3 is 5.76 Å². The summed E-state index contributed by atoms with van der Waals surface area (Å²) in [6, 6.07) is 13.1. The van der Waals surface area contributed by atoms with E-state index in [1.807, 2.05) is 29.2 Å². The van der Waals surface area contributed by atoms with Crippen molar-refractivity contribution in [2.75, 3.05) is 13.7 Å². The minimum atomic E-state index is -0.470. The van der Waals surface area contributed by atoms with Gasteiger partial charge in [-0.3, -0.25) is 9.36 Å². The van der Waals surface area contributed by atoms with E-state index in [4.69, 9.17) is 20.8 Å². The lowest BCUT2D eigenvalue weighted by atomic mass is 10.0. The Bertz CT molecular complexity index is 1090. The minimum Gasteiger partial charge on any atom is -0.497 e. The van der Waals surface area contributed by atoms with Gasteiger partial charge in [0.1, 0.15) is 5.75 Å². The number of carbonyl (C=O) groups is 1. The third-order valence-corrected chi connectivity index (χ3v) is 5.99. The van der Waals surface area contributed by atoms with Crippen LogP contribution in [0.1, 0.15) is 43.7 Å². The number of aryl methyl sites for hydroxylation is 1. The molecule has 1 saturated heterocycles. The molecule has 0 spiro atoms. The lowest BCUT2D eigenvalue weighted by molar-refractivity contribution is -0.133. The number of amides is 1. The summed E-state index contributed by atoms with van der Waals surface area (Å²) in [7, 11) is 1.64. The lowest BCUT2D eigenvalue weighted by Crippen LogP contribution is -2.35. The maximum atomic E-state index is 13.2. The Balaban J connectivity index is 1.53. The maximum absolute atomic E-state index is 13.2. The van der Waals surface area contributed by atoms with Crippen LogP contribution in [-0.4, -0.2) is 29.0 Å². The van der Waals surface area contributed by atoms with Crippen LogP contribution in [0.2, 0.25) is 5.02 Å². The molecule has 4 rings (SSSR count). The van der Waals surface area contributed by atoms with Crippen molar-refractivity contribution in [1.82, 2.24) is 9.47 Å². The summed E-state index contributed by atoms with van der Waals surface area (Å²) < 4.78 is 12.0. The van der Waals surface area contributed by atoms with Crippen LogP contribution in [0.3, 0.4) is 0 Å². The van der Waals surface area contributed by atoms with Gasteiger partial charge in [0.25, 0.3) is 0 Å². The van der Waals surface area contributed by atoms with Gasteiger partial charge in [0, 0.05) is 30.6 Å². The number of halogens is 1. The predicted molar refractivity (Wildman–Crippen MR) is 116 cm³/mol. The van der Waals surface area contributed by atoms with E-state index in [9.17, 15) is 9.59 Å². The molecule has 1 aliphatic rings. The number of fused-ring (bicyclic) bond motifs is 1. The minimum absolute atomic E-state index is 0.0440. The zero-order valence-electron chi connectivity index (χ0n) is 17.0. The molecule has 1 amide bonds. The van der Waals surface area contributed by atoms with Crippen molar-refractivity contribution in [3.63, 3.8) is 0 Å². The van der Waals surface area contributed by atoms with Gasteiger partial charge in [0.2, 0.25) is 5.91 Å². The highest BCUT2D eigenvalue weighted by Gasteiger charge is 2.27. The summed E-state index contributed by atoms with van der Waals surface area (Å²) in [6.07, 6.45) is 4.37. The van der Waals surface area contributed by atoms with Gasteiger partial charge in [0.05, 0.1) is 18.7 Å². The van der Waals surface area contributed by atoms with Crippen molar-refractivity contribution < 1.29 is 13.9 Å². The number of likely N-dealkylation sites (tertiary alicyclic amines) is 1. The molecule has 2 aromatic carbocycles. The Morgan fingerprint density at radius 2 is 1.97 bits per heavy atom. The van der Waals surface area contributed by atoms with E-state index >= 15 is 0 Å². The number of oxazole rings is 1. The van der Waals surface area contributed by atoms with Crippen molar-refractivity contribution in [3.05, 3.63) is 63.6 Å². The summed E-state index contributed by atoms with van der Waals surface area (Å²) in [5, 5.41) is 0.506. The molecule has 0 bridgehead atoms. The molecule has 0 saturated carbocycles. The van der Waals surface area contributed by atoms with Gasteiger partial charge in [-0.05, 0) is 42.7 Å². The molecule has 0 radical (unpaired) electrons. The first-order valence-electron chi connectivity index (χ1n) is 10.3. The number of benzene rings is 2. The van der Waals surface area contributed by atoms with Crippen LogP contribution in [-0.2, 0) is 11.3 Å². The second-order valence-electron chi connectivity index (χ2n) is 7.61. The van der Waals surface area contributed by atoms with Crippen LogP contribution in [0, 0.1) is 0 Å². The maximum Gasteiger partial charge on any atom is 0.419 e. The number of hydrogen-bond acceptors (Lipinski definition) is 4. The van der Waals surface area contributed by atoms with Crippen LogP contribution < -0.4 is 10.5 Å². The van der Waals surface area contributed by atoms with Crippen LogP contribution in [0.5, 0.6) is 5.75 Å². The second kappa shape index (κ2) is 8.96. The van der Waals surface area contributed by atoms with Crippen molar-refractivity contribution in [3.8, 4) is 5.75 Å². The van der Waals surface area contributed by atoms with Crippen LogP contribution in [0.15, 0.2) is 51.7 Å². The highest BCUT2D eigenvalue weighted by atomic mass is 35.5. The number of carbonyl (C=O) groups excluding carboxylic acids is 1. The zero-order valence-corrected chi connectivity index (χ0v) is 17.7. The molecule has 1 aliphatic heterocycles. The fraction of sp³-hybridized carbons (Fsp3) is 0.391. The molecule has 30 heavy (non-hydrogen) atoms. The standard InChI is InChI=1S/C23H25ClN2O4/c1-29-18-9-6-16(7-10-18)19-5-3-2-4-13-25(19)22(27)12-14-26-20-11-8-17(24)15-21(20)30-23(26)28/h6-11,15,19H,2-5,12-14H2,1H3. The molecule has 3 aromatic rings. The average molecular weight is 429 g/mol. The van der Waals surface area contributed by atoms with E-state index in [1.165, 1.54) is 4.57 Å². The molecule has 0 aliphatic carbocycles. The Morgan fingerprint density at radius 1 is 1.17 bits per heavy atom. The molecule has 6 nitrogen and oxygen atoms in total. The van der Waals surface area contributed by atoms with Crippen molar-refractivity contribution in [2.24, 2.45) is 0 Å². The van der Waals surface area contributed by atoms with Crippen LogP contribution in [0.25, 0.3) is 11.1 Å². The fourth-order valence-corrected chi connectivity index (χ4v) is 4.34. The number of aromatic nitrogens is 1. The summed E-state index contributed by atoms with van der Waals surface area (Å²) >= 11 is 5.98.